The number of rotatable bonds is 3. The fraction of sp³-hybridized carbons (Fsp3) is 0.556. The van der Waals surface area contributed by atoms with Crippen LogP contribution in [-0.2, 0) is 9.59 Å². The van der Waals surface area contributed by atoms with E-state index in [2.05, 4.69) is 11.9 Å². The SMILES string of the molecule is COc1ccc(Cl)cc1N1CC(C(=O)N2CCCN(C)CC2)CC1=O. The number of amides is 2. The summed E-state index contributed by atoms with van der Waals surface area (Å²) >= 11 is 6.08. The highest BCUT2D eigenvalue weighted by molar-refractivity contribution is 6.31. The third-order valence-electron chi connectivity index (χ3n) is 4.94. The highest BCUT2D eigenvalue weighted by Gasteiger charge is 2.38. The molecule has 0 spiro atoms. The molecule has 0 aromatic heterocycles. The monoisotopic (exact) mass is 365 g/mol. The van der Waals surface area contributed by atoms with E-state index in [4.69, 9.17) is 16.3 Å². The van der Waals surface area contributed by atoms with Crippen LogP contribution in [0.25, 0.3) is 0 Å². The highest BCUT2D eigenvalue weighted by atomic mass is 35.5. The van der Waals surface area contributed by atoms with Gasteiger partial charge in [0.05, 0.1) is 18.7 Å². The Kier molecular flexibility index (Phi) is 5.49. The Balaban J connectivity index is 1.74. The van der Waals surface area contributed by atoms with E-state index in [0.717, 1.165) is 32.6 Å². The van der Waals surface area contributed by atoms with Crippen LogP contribution in [-0.4, -0.2) is 68.5 Å². The first kappa shape index (κ1) is 18.0. The Morgan fingerprint density at radius 1 is 1.24 bits per heavy atom. The predicted octanol–water partition coefficient (Wildman–Crippen LogP) is 1.87. The van der Waals surface area contributed by atoms with E-state index in [9.17, 15) is 9.59 Å². The maximum atomic E-state index is 12.9. The lowest BCUT2D eigenvalue weighted by molar-refractivity contribution is -0.135. The number of carbonyl (C=O) groups is 2. The maximum absolute atomic E-state index is 12.9. The van der Waals surface area contributed by atoms with Gasteiger partial charge in [-0.05, 0) is 38.2 Å². The number of ether oxygens (including phenoxy) is 1. The van der Waals surface area contributed by atoms with Crippen molar-refractivity contribution < 1.29 is 14.3 Å². The summed E-state index contributed by atoms with van der Waals surface area (Å²) in [6.45, 7) is 3.73. The van der Waals surface area contributed by atoms with Crippen LogP contribution in [0.4, 0.5) is 5.69 Å². The summed E-state index contributed by atoms with van der Waals surface area (Å²) in [6.07, 6.45) is 1.20. The van der Waals surface area contributed by atoms with Gasteiger partial charge >= 0.3 is 0 Å². The number of hydrogen-bond acceptors (Lipinski definition) is 4. The van der Waals surface area contributed by atoms with Crippen LogP contribution in [0.1, 0.15) is 12.8 Å². The molecular weight excluding hydrogens is 342 g/mol. The number of methoxy groups -OCH3 is 1. The molecule has 136 valence electrons. The third-order valence-corrected chi connectivity index (χ3v) is 5.17. The lowest BCUT2D eigenvalue weighted by atomic mass is 10.1. The van der Waals surface area contributed by atoms with Crippen molar-refractivity contribution in [1.29, 1.82) is 0 Å². The second-order valence-electron chi connectivity index (χ2n) is 6.70. The summed E-state index contributed by atoms with van der Waals surface area (Å²) in [5.41, 5.74) is 0.630. The molecule has 2 heterocycles. The van der Waals surface area contributed by atoms with Gasteiger partial charge in [0, 0.05) is 37.6 Å². The summed E-state index contributed by atoms with van der Waals surface area (Å²) in [5.74, 6) is 0.292. The molecule has 3 rings (SSSR count). The minimum atomic E-state index is -0.306. The summed E-state index contributed by atoms with van der Waals surface area (Å²) < 4.78 is 5.35. The summed E-state index contributed by atoms with van der Waals surface area (Å²) in [6, 6.07) is 5.18. The molecule has 2 amide bonds. The molecular formula is C18H24ClN3O3. The molecule has 2 aliphatic rings. The van der Waals surface area contributed by atoms with Gasteiger partial charge in [0.25, 0.3) is 0 Å². The smallest absolute Gasteiger partial charge is 0.228 e. The summed E-state index contributed by atoms with van der Waals surface area (Å²) in [4.78, 5) is 31.2. The maximum Gasteiger partial charge on any atom is 0.228 e. The Morgan fingerprint density at radius 2 is 2.04 bits per heavy atom. The molecule has 1 unspecified atom stereocenters. The van der Waals surface area contributed by atoms with Gasteiger partial charge in [-0.15, -0.1) is 0 Å². The molecule has 25 heavy (non-hydrogen) atoms. The van der Waals surface area contributed by atoms with E-state index in [1.54, 1.807) is 30.2 Å². The average molecular weight is 366 g/mol. The highest BCUT2D eigenvalue weighted by Crippen LogP contribution is 2.35. The topological polar surface area (TPSA) is 53.1 Å². The molecule has 0 aliphatic carbocycles. The van der Waals surface area contributed by atoms with Gasteiger partial charge in [-0.25, -0.2) is 0 Å². The van der Waals surface area contributed by atoms with Crippen molar-refractivity contribution in [3.63, 3.8) is 0 Å². The molecule has 6 nitrogen and oxygen atoms in total. The van der Waals surface area contributed by atoms with Crippen LogP contribution in [0.15, 0.2) is 18.2 Å². The first-order valence-corrected chi connectivity index (χ1v) is 8.98. The Bertz CT molecular complexity index is 667. The largest absolute Gasteiger partial charge is 0.495 e. The molecule has 0 radical (unpaired) electrons. The molecule has 2 saturated heterocycles. The van der Waals surface area contributed by atoms with Crippen LogP contribution >= 0.6 is 11.6 Å². The van der Waals surface area contributed by atoms with E-state index in [0.29, 0.717) is 23.0 Å². The number of halogens is 1. The van der Waals surface area contributed by atoms with E-state index in [1.165, 1.54) is 0 Å². The summed E-state index contributed by atoms with van der Waals surface area (Å²) in [5, 5.41) is 0.536. The van der Waals surface area contributed by atoms with E-state index in [1.807, 2.05) is 4.90 Å². The van der Waals surface area contributed by atoms with Crippen molar-refractivity contribution in [2.45, 2.75) is 12.8 Å². The molecule has 0 saturated carbocycles. The standard InChI is InChI=1S/C18H24ClN3O3/c1-20-6-3-7-21(9-8-20)18(24)13-10-17(23)22(12-13)15-11-14(19)4-5-16(15)25-2/h4-5,11,13H,3,6-10,12H2,1-2H3. The Labute approximate surface area is 153 Å². The number of likely N-dealkylation sites (N-methyl/N-ethyl adjacent to an activating group) is 1. The lowest BCUT2D eigenvalue weighted by Gasteiger charge is -2.24. The zero-order valence-corrected chi connectivity index (χ0v) is 15.5. The van der Waals surface area contributed by atoms with Crippen molar-refractivity contribution in [3.05, 3.63) is 23.2 Å². The van der Waals surface area contributed by atoms with Crippen molar-refractivity contribution in [1.82, 2.24) is 9.80 Å². The normalized spacial score (nSPS) is 22.2. The molecule has 0 bridgehead atoms. The summed E-state index contributed by atoms with van der Waals surface area (Å²) in [7, 11) is 3.63. The van der Waals surface area contributed by atoms with Gasteiger partial charge in [0.1, 0.15) is 5.75 Å². The van der Waals surface area contributed by atoms with Crippen LogP contribution < -0.4 is 9.64 Å². The van der Waals surface area contributed by atoms with Gasteiger partial charge in [0.15, 0.2) is 0 Å². The fourth-order valence-electron chi connectivity index (χ4n) is 3.51. The number of anilines is 1. The molecule has 1 aromatic carbocycles. The minimum absolute atomic E-state index is 0.0640. The predicted molar refractivity (Wildman–Crippen MR) is 97.2 cm³/mol. The Hall–Kier alpha value is -1.79. The number of hydrogen-bond donors (Lipinski definition) is 0. The number of benzene rings is 1. The second-order valence-corrected chi connectivity index (χ2v) is 7.14. The van der Waals surface area contributed by atoms with Crippen molar-refractivity contribution >= 4 is 29.1 Å². The quantitative estimate of drug-likeness (QED) is 0.820. The van der Waals surface area contributed by atoms with Crippen LogP contribution in [0, 0.1) is 5.92 Å². The molecule has 2 fully saturated rings. The molecule has 2 aliphatic heterocycles. The van der Waals surface area contributed by atoms with Crippen LogP contribution in [0.3, 0.4) is 0 Å². The number of nitrogens with zero attached hydrogens (tertiary/aromatic N) is 3. The van der Waals surface area contributed by atoms with Gasteiger partial charge in [0.2, 0.25) is 11.8 Å². The minimum Gasteiger partial charge on any atom is -0.495 e. The molecule has 1 aromatic rings. The molecule has 1 atom stereocenters. The zero-order valence-electron chi connectivity index (χ0n) is 14.7. The van der Waals surface area contributed by atoms with Gasteiger partial charge in [-0.1, -0.05) is 11.6 Å². The van der Waals surface area contributed by atoms with E-state index < -0.39 is 0 Å². The fourth-order valence-corrected chi connectivity index (χ4v) is 3.67. The third kappa shape index (κ3) is 3.90. The average Bonchev–Trinajstić information content (AvgIpc) is 2.85. The van der Waals surface area contributed by atoms with Crippen LogP contribution in [0.2, 0.25) is 5.02 Å². The molecule has 7 heteroatoms. The first-order chi connectivity index (χ1) is 12.0. The van der Waals surface area contributed by atoms with Gasteiger partial charge < -0.3 is 19.4 Å². The van der Waals surface area contributed by atoms with Gasteiger partial charge in [-0.2, -0.15) is 0 Å². The van der Waals surface area contributed by atoms with Crippen molar-refractivity contribution in [3.8, 4) is 5.75 Å². The zero-order chi connectivity index (χ0) is 18.0. The second kappa shape index (κ2) is 7.62. The van der Waals surface area contributed by atoms with E-state index >= 15 is 0 Å². The number of carbonyl (C=O) groups excluding carboxylic acids is 2. The van der Waals surface area contributed by atoms with E-state index in [-0.39, 0.29) is 24.2 Å². The van der Waals surface area contributed by atoms with Crippen molar-refractivity contribution in [2.24, 2.45) is 5.92 Å². The first-order valence-electron chi connectivity index (χ1n) is 8.61. The van der Waals surface area contributed by atoms with Gasteiger partial charge in [-0.3, -0.25) is 9.59 Å². The van der Waals surface area contributed by atoms with Crippen LogP contribution in [0.5, 0.6) is 5.75 Å². The molecule has 0 N–H and O–H groups in total. The van der Waals surface area contributed by atoms with Crippen molar-refractivity contribution in [2.75, 3.05) is 51.8 Å². The Morgan fingerprint density at radius 3 is 2.80 bits per heavy atom. The lowest BCUT2D eigenvalue weighted by Crippen LogP contribution is -2.39.